The number of rotatable bonds is 5. The minimum atomic E-state index is -0.267. The average molecular weight is 296 g/mol. The van der Waals surface area contributed by atoms with Crippen molar-refractivity contribution in [2.24, 2.45) is 5.73 Å². The molecule has 2 aromatic rings. The van der Waals surface area contributed by atoms with Crippen molar-refractivity contribution in [1.82, 2.24) is 10.3 Å². The first kappa shape index (κ1) is 16.2. The normalized spacial score (nSPS) is 11.5. The van der Waals surface area contributed by atoms with Crippen LogP contribution in [0, 0.1) is 0 Å². The van der Waals surface area contributed by atoms with Crippen LogP contribution in [0.15, 0.2) is 40.9 Å². The second kappa shape index (κ2) is 7.67. The van der Waals surface area contributed by atoms with E-state index in [1.165, 1.54) is 0 Å². The number of hydrogen-bond acceptors (Lipinski definition) is 4. The summed E-state index contributed by atoms with van der Waals surface area (Å²) in [6.07, 6.45) is 1.97. The fraction of sp³-hybridized carbons (Fsp3) is 0.286. The summed E-state index contributed by atoms with van der Waals surface area (Å²) >= 11 is 0. The lowest BCUT2D eigenvalue weighted by Gasteiger charge is -2.09. The molecule has 0 fully saturated rings. The van der Waals surface area contributed by atoms with Crippen molar-refractivity contribution in [3.63, 3.8) is 0 Å². The Bertz CT molecular complexity index is 542. The number of nitrogens with one attached hydrogen (secondary N) is 1. The molecule has 5 nitrogen and oxygen atoms in total. The second-order valence-corrected chi connectivity index (χ2v) is 4.26. The van der Waals surface area contributed by atoms with E-state index < -0.39 is 0 Å². The van der Waals surface area contributed by atoms with Crippen molar-refractivity contribution >= 4 is 18.3 Å². The Labute approximate surface area is 124 Å². The van der Waals surface area contributed by atoms with Crippen LogP contribution in [0.4, 0.5) is 0 Å². The van der Waals surface area contributed by atoms with Crippen LogP contribution in [-0.2, 0) is 4.79 Å². The first-order valence-electron chi connectivity index (χ1n) is 6.21. The van der Waals surface area contributed by atoms with Gasteiger partial charge in [0.25, 0.3) is 0 Å². The molecule has 1 heterocycles. The summed E-state index contributed by atoms with van der Waals surface area (Å²) in [6.45, 7) is 2.16. The van der Waals surface area contributed by atoms with Crippen molar-refractivity contribution in [3.8, 4) is 11.3 Å². The van der Waals surface area contributed by atoms with Gasteiger partial charge in [-0.25, -0.2) is 4.98 Å². The van der Waals surface area contributed by atoms with Gasteiger partial charge in [-0.1, -0.05) is 30.3 Å². The largest absolute Gasteiger partial charge is 0.438 e. The molecule has 1 aromatic carbocycles. The smallest absolute Gasteiger partial charge is 0.221 e. The number of benzene rings is 1. The Kier molecular flexibility index (Phi) is 6.21. The number of nitrogens with zero attached hydrogens (tertiary/aromatic N) is 1. The number of amides is 1. The SMILES string of the molecule is CC(NC(=O)CCN)c1ncc(-c2ccccc2)o1.Cl. The Hall–Kier alpha value is -1.85. The molecule has 0 aliphatic carbocycles. The predicted molar refractivity (Wildman–Crippen MR) is 79.4 cm³/mol. The molecule has 108 valence electrons. The molecular weight excluding hydrogens is 278 g/mol. The molecule has 3 N–H and O–H groups in total. The third-order valence-corrected chi connectivity index (χ3v) is 2.70. The Balaban J connectivity index is 0.00000200. The summed E-state index contributed by atoms with van der Waals surface area (Å²) in [7, 11) is 0. The molecule has 2 rings (SSSR count). The zero-order valence-corrected chi connectivity index (χ0v) is 12.0. The van der Waals surface area contributed by atoms with Gasteiger partial charge >= 0.3 is 0 Å². The molecule has 20 heavy (non-hydrogen) atoms. The lowest BCUT2D eigenvalue weighted by atomic mass is 10.2. The summed E-state index contributed by atoms with van der Waals surface area (Å²) in [5, 5.41) is 2.79. The van der Waals surface area contributed by atoms with Crippen molar-refractivity contribution in [2.45, 2.75) is 19.4 Å². The summed E-state index contributed by atoms with van der Waals surface area (Å²) in [4.78, 5) is 15.6. The monoisotopic (exact) mass is 295 g/mol. The molecule has 0 saturated carbocycles. The van der Waals surface area contributed by atoms with E-state index >= 15 is 0 Å². The van der Waals surface area contributed by atoms with E-state index in [1.54, 1.807) is 6.20 Å². The lowest BCUT2D eigenvalue weighted by molar-refractivity contribution is -0.121. The van der Waals surface area contributed by atoms with Gasteiger partial charge in [0, 0.05) is 18.5 Å². The molecule has 0 saturated heterocycles. The van der Waals surface area contributed by atoms with E-state index in [9.17, 15) is 4.79 Å². The van der Waals surface area contributed by atoms with E-state index in [0.29, 0.717) is 24.6 Å². The number of hydrogen-bond donors (Lipinski definition) is 2. The van der Waals surface area contributed by atoms with Crippen LogP contribution >= 0.6 is 12.4 Å². The molecule has 0 bridgehead atoms. The molecule has 1 unspecified atom stereocenters. The van der Waals surface area contributed by atoms with Crippen LogP contribution in [0.3, 0.4) is 0 Å². The number of nitrogens with two attached hydrogens (primary N) is 1. The molecule has 1 atom stereocenters. The minimum absolute atomic E-state index is 0. The van der Waals surface area contributed by atoms with Gasteiger partial charge in [0.2, 0.25) is 11.8 Å². The van der Waals surface area contributed by atoms with Gasteiger partial charge in [-0.2, -0.15) is 0 Å². The summed E-state index contributed by atoms with van der Waals surface area (Å²) < 4.78 is 5.65. The van der Waals surface area contributed by atoms with E-state index in [-0.39, 0.29) is 24.4 Å². The minimum Gasteiger partial charge on any atom is -0.438 e. The first-order valence-corrected chi connectivity index (χ1v) is 6.21. The standard InChI is InChI=1S/C14H17N3O2.ClH/c1-10(17-13(18)7-8-15)14-16-9-12(19-14)11-5-3-2-4-6-11;/h2-6,9-10H,7-8,15H2,1H3,(H,17,18);1H. The molecule has 0 radical (unpaired) electrons. The first-order chi connectivity index (χ1) is 9.20. The number of halogens is 1. The summed E-state index contributed by atoms with van der Waals surface area (Å²) in [6, 6.07) is 9.44. The van der Waals surface area contributed by atoms with Crippen molar-refractivity contribution in [1.29, 1.82) is 0 Å². The maximum Gasteiger partial charge on any atom is 0.221 e. The number of carbonyl (C=O) groups excluding carboxylic acids is 1. The van der Waals surface area contributed by atoms with Gasteiger partial charge in [0.05, 0.1) is 6.20 Å². The van der Waals surface area contributed by atoms with Gasteiger partial charge in [-0.3, -0.25) is 4.79 Å². The maximum atomic E-state index is 11.4. The van der Waals surface area contributed by atoms with E-state index in [0.717, 1.165) is 5.56 Å². The van der Waals surface area contributed by atoms with Crippen LogP contribution in [0.25, 0.3) is 11.3 Å². The molecule has 1 aromatic heterocycles. The van der Waals surface area contributed by atoms with Crippen molar-refractivity contribution in [2.75, 3.05) is 6.54 Å². The van der Waals surface area contributed by atoms with Crippen molar-refractivity contribution < 1.29 is 9.21 Å². The summed E-state index contributed by atoms with van der Waals surface area (Å²) in [5.74, 6) is 1.08. The van der Waals surface area contributed by atoms with E-state index in [1.807, 2.05) is 37.3 Å². The Morgan fingerprint density at radius 3 is 2.75 bits per heavy atom. The number of oxazole rings is 1. The van der Waals surface area contributed by atoms with Crippen LogP contribution in [0.1, 0.15) is 25.3 Å². The second-order valence-electron chi connectivity index (χ2n) is 4.26. The lowest BCUT2D eigenvalue weighted by Crippen LogP contribution is -2.28. The molecule has 0 aliphatic rings. The number of carbonyl (C=O) groups is 1. The van der Waals surface area contributed by atoms with Gasteiger partial charge in [0.1, 0.15) is 6.04 Å². The van der Waals surface area contributed by atoms with Crippen LogP contribution in [0.5, 0.6) is 0 Å². The molecule has 6 heteroatoms. The number of aromatic nitrogens is 1. The highest BCUT2D eigenvalue weighted by molar-refractivity contribution is 5.85. The van der Waals surface area contributed by atoms with Crippen LogP contribution < -0.4 is 11.1 Å². The maximum absolute atomic E-state index is 11.4. The third-order valence-electron chi connectivity index (χ3n) is 2.70. The zero-order chi connectivity index (χ0) is 13.7. The van der Waals surface area contributed by atoms with Gasteiger partial charge in [-0.05, 0) is 6.92 Å². The quantitative estimate of drug-likeness (QED) is 0.887. The predicted octanol–water partition coefficient (Wildman–Crippen LogP) is 2.29. The fourth-order valence-electron chi connectivity index (χ4n) is 1.73. The highest BCUT2D eigenvalue weighted by Gasteiger charge is 2.15. The highest BCUT2D eigenvalue weighted by Crippen LogP contribution is 2.22. The molecule has 1 amide bonds. The average Bonchev–Trinajstić information content (AvgIpc) is 2.89. The molecular formula is C14H18ClN3O2. The van der Waals surface area contributed by atoms with E-state index in [2.05, 4.69) is 10.3 Å². The van der Waals surface area contributed by atoms with Gasteiger partial charge in [0.15, 0.2) is 5.76 Å². The Morgan fingerprint density at radius 1 is 1.40 bits per heavy atom. The van der Waals surface area contributed by atoms with Crippen molar-refractivity contribution in [3.05, 3.63) is 42.4 Å². The van der Waals surface area contributed by atoms with Gasteiger partial charge in [-0.15, -0.1) is 12.4 Å². The fourth-order valence-corrected chi connectivity index (χ4v) is 1.73. The molecule has 0 aliphatic heterocycles. The van der Waals surface area contributed by atoms with Crippen LogP contribution in [0.2, 0.25) is 0 Å². The topological polar surface area (TPSA) is 81.2 Å². The highest BCUT2D eigenvalue weighted by atomic mass is 35.5. The molecule has 0 spiro atoms. The van der Waals surface area contributed by atoms with Gasteiger partial charge < -0.3 is 15.5 Å². The third kappa shape index (κ3) is 4.08. The van der Waals surface area contributed by atoms with Crippen LogP contribution in [-0.4, -0.2) is 17.4 Å². The summed E-state index contributed by atoms with van der Waals surface area (Å²) in [5.41, 5.74) is 6.28. The zero-order valence-electron chi connectivity index (χ0n) is 11.2. The Morgan fingerprint density at radius 2 is 2.10 bits per heavy atom. The van der Waals surface area contributed by atoms with E-state index in [4.69, 9.17) is 10.2 Å².